The molecule has 0 spiro atoms. The molecule has 0 amide bonds. The van der Waals surface area contributed by atoms with Crippen molar-refractivity contribution in [1.29, 1.82) is 0 Å². The molecule has 0 saturated heterocycles. The van der Waals surface area contributed by atoms with Crippen LogP contribution in [0.5, 0.6) is 0 Å². The first-order valence-corrected chi connectivity index (χ1v) is 10.3. The van der Waals surface area contributed by atoms with Crippen molar-refractivity contribution in [3.8, 4) is 0 Å². The lowest BCUT2D eigenvalue weighted by molar-refractivity contribution is -0.138. The highest BCUT2D eigenvalue weighted by Crippen LogP contribution is 2.31. The van der Waals surface area contributed by atoms with Crippen molar-refractivity contribution in [3.05, 3.63) is 71.3 Å². The molecule has 1 aromatic carbocycles. The summed E-state index contributed by atoms with van der Waals surface area (Å²) < 4.78 is 14.6. The second-order valence-electron chi connectivity index (χ2n) is 6.84. The summed E-state index contributed by atoms with van der Waals surface area (Å²) in [6.07, 6.45) is 1.39. The molecule has 12 nitrogen and oxygen atoms in total. The van der Waals surface area contributed by atoms with Gasteiger partial charge in [0.1, 0.15) is 0 Å². The summed E-state index contributed by atoms with van der Waals surface area (Å²) in [5.41, 5.74) is -2.94. The van der Waals surface area contributed by atoms with Crippen LogP contribution in [0.4, 0.5) is 0 Å². The molecule has 1 aromatic rings. The van der Waals surface area contributed by atoms with Crippen molar-refractivity contribution in [2.45, 2.75) is 19.3 Å². The Labute approximate surface area is 205 Å². The monoisotopic (exact) mass is 504 g/mol. The van der Waals surface area contributed by atoms with E-state index in [0.717, 1.165) is 18.2 Å². The minimum absolute atomic E-state index is 0.151. The fourth-order valence-corrected chi connectivity index (χ4v) is 3.38. The van der Waals surface area contributed by atoms with E-state index in [2.05, 4.69) is 19.7 Å². The third-order valence-corrected chi connectivity index (χ3v) is 4.75. The first-order valence-electron chi connectivity index (χ1n) is 10.3. The minimum atomic E-state index is -1.74. The van der Waals surface area contributed by atoms with Crippen molar-refractivity contribution in [3.63, 3.8) is 0 Å². The van der Waals surface area contributed by atoms with E-state index in [9.17, 15) is 44.1 Å². The number of carboxylic acids is 3. The van der Waals surface area contributed by atoms with E-state index in [1.165, 1.54) is 0 Å². The normalized spacial score (nSPS) is 10.0. The maximum atomic E-state index is 12.3. The molecule has 0 atom stereocenters. The zero-order chi connectivity index (χ0) is 27.4. The second kappa shape index (κ2) is 13.8. The molecule has 0 fully saturated rings. The van der Waals surface area contributed by atoms with Gasteiger partial charge in [0, 0.05) is 37.5 Å². The van der Waals surface area contributed by atoms with Crippen molar-refractivity contribution < 1.29 is 58.3 Å². The number of benzene rings is 1. The first kappa shape index (κ1) is 29.3. The molecule has 3 N–H and O–H groups in total. The van der Waals surface area contributed by atoms with Gasteiger partial charge in [0.05, 0.1) is 36.5 Å². The molecule has 36 heavy (non-hydrogen) atoms. The third kappa shape index (κ3) is 7.65. The van der Waals surface area contributed by atoms with Crippen LogP contribution in [0.15, 0.2) is 38.0 Å². The van der Waals surface area contributed by atoms with Gasteiger partial charge in [-0.2, -0.15) is 0 Å². The molecule has 0 aromatic heterocycles. The number of hydrogen-bond acceptors (Lipinski definition) is 9. The molecule has 0 saturated carbocycles. The Hall–Kier alpha value is -4.74. The van der Waals surface area contributed by atoms with Gasteiger partial charge in [0.25, 0.3) is 0 Å². The number of ether oxygens (including phenoxy) is 3. The van der Waals surface area contributed by atoms with Crippen LogP contribution in [0.1, 0.15) is 47.8 Å². The molecule has 0 unspecified atom stereocenters. The Morgan fingerprint density at radius 3 is 1.11 bits per heavy atom. The zero-order valence-corrected chi connectivity index (χ0v) is 19.1. The SMILES string of the molecule is C=CC(=O)OCCc1c(CCOC(=O)C=C)c(C(=O)O)c(C(=O)O)c(CCOC(=O)C=C)c1C(=O)O. The van der Waals surface area contributed by atoms with Gasteiger partial charge < -0.3 is 29.5 Å². The number of hydrogen-bond donors (Lipinski definition) is 3. The number of carboxylic acid groups (broad SMARTS) is 3. The van der Waals surface area contributed by atoms with Crippen LogP contribution in [-0.4, -0.2) is 71.0 Å². The summed E-state index contributed by atoms with van der Waals surface area (Å²) in [5, 5.41) is 29.7. The Morgan fingerprint density at radius 2 is 0.806 bits per heavy atom. The van der Waals surface area contributed by atoms with Crippen molar-refractivity contribution in [2.24, 2.45) is 0 Å². The van der Waals surface area contributed by atoms with Gasteiger partial charge in [-0.3, -0.25) is 0 Å². The second-order valence-corrected chi connectivity index (χ2v) is 6.84. The van der Waals surface area contributed by atoms with Crippen molar-refractivity contribution >= 4 is 35.8 Å². The van der Waals surface area contributed by atoms with Crippen LogP contribution in [-0.2, 0) is 47.9 Å². The van der Waals surface area contributed by atoms with E-state index < -0.39 is 84.3 Å². The molecule has 192 valence electrons. The van der Waals surface area contributed by atoms with E-state index in [1.54, 1.807) is 0 Å². The average molecular weight is 504 g/mol. The highest BCUT2D eigenvalue weighted by atomic mass is 16.5. The van der Waals surface area contributed by atoms with Gasteiger partial charge in [0.2, 0.25) is 0 Å². The van der Waals surface area contributed by atoms with E-state index >= 15 is 0 Å². The largest absolute Gasteiger partial charge is 0.478 e. The van der Waals surface area contributed by atoms with Crippen LogP contribution in [0, 0.1) is 0 Å². The highest BCUT2D eigenvalue weighted by Gasteiger charge is 2.33. The highest BCUT2D eigenvalue weighted by molar-refractivity contribution is 6.07. The first-order chi connectivity index (χ1) is 17.0. The number of carbonyl (C=O) groups is 6. The van der Waals surface area contributed by atoms with Gasteiger partial charge in [0.15, 0.2) is 0 Å². The lowest BCUT2D eigenvalue weighted by Gasteiger charge is -2.22. The van der Waals surface area contributed by atoms with Gasteiger partial charge >= 0.3 is 35.8 Å². The van der Waals surface area contributed by atoms with Gasteiger partial charge in [-0.25, -0.2) is 28.8 Å². The third-order valence-electron chi connectivity index (χ3n) is 4.75. The average Bonchev–Trinajstić information content (AvgIpc) is 2.83. The molecular weight excluding hydrogens is 480 g/mol. The van der Waals surface area contributed by atoms with Gasteiger partial charge in [-0.05, 0) is 16.7 Å². The summed E-state index contributed by atoms with van der Waals surface area (Å²) in [6, 6.07) is 0. The fourth-order valence-electron chi connectivity index (χ4n) is 3.38. The lowest BCUT2D eigenvalue weighted by Crippen LogP contribution is -2.25. The van der Waals surface area contributed by atoms with E-state index in [4.69, 9.17) is 14.2 Å². The maximum absolute atomic E-state index is 12.3. The maximum Gasteiger partial charge on any atom is 0.336 e. The van der Waals surface area contributed by atoms with Crippen LogP contribution in [0.2, 0.25) is 0 Å². The number of rotatable bonds is 15. The van der Waals surface area contributed by atoms with E-state index in [1.807, 2.05) is 0 Å². The summed E-state index contributed by atoms with van der Waals surface area (Å²) >= 11 is 0. The Kier molecular flexibility index (Phi) is 11.3. The molecule has 1 rings (SSSR count). The molecule has 0 bridgehead atoms. The smallest absolute Gasteiger partial charge is 0.336 e. The topological polar surface area (TPSA) is 191 Å². The summed E-state index contributed by atoms with van der Waals surface area (Å²) in [7, 11) is 0. The summed E-state index contributed by atoms with van der Waals surface area (Å²) in [4.78, 5) is 70.9. The van der Waals surface area contributed by atoms with Crippen LogP contribution in [0.3, 0.4) is 0 Å². The van der Waals surface area contributed by atoms with Crippen molar-refractivity contribution in [1.82, 2.24) is 0 Å². The zero-order valence-electron chi connectivity index (χ0n) is 19.1. The molecular formula is C24H24O12. The quantitative estimate of drug-likeness (QED) is 0.178. The minimum Gasteiger partial charge on any atom is -0.478 e. The number of carbonyl (C=O) groups excluding carboxylic acids is 3. The predicted molar refractivity (Wildman–Crippen MR) is 122 cm³/mol. The Bertz CT molecular complexity index is 1110. The molecule has 0 aliphatic heterocycles. The molecule has 0 radical (unpaired) electrons. The predicted octanol–water partition coefficient (Wildman–Crippen LogP) is 1.60. The van der Waals surface area contributed by atoms with Gasteiger partial charge in [-0.1, -0.05) is 19.7 Å². The summed E-state index contributed by atoms with van der Waals surface area (Å²) in [6.45, 7) is 8.36. The Balaban J connectivity index is 3.87. The number of esters is 3. The Morgan fingerprint density at radius 1 is 0.528 bits per heavy atom. The molecule has 0 aliphatic carbocycles. The summed E-state index contributed by atoms with van der Waals surface area (Å²) in [5.74, 6) is -7.57. The molecule has 0 aliphatic rings. The fraction of sp³-hybridized carbons (Fsp3) is 0.250. The van der Waals surface area contributed by atoms with Gasteiger partial charge in [-0.15, -0.1) is 0 Å². The van der Waals surface area contributed by atoms with Crippen LogP contribution >= 0.6 is 0 Å². The van der Waals surface area contributed by atoms with E-state index in [0.29, 0.717) is 0 Å². The lowest BCUT2D eigenvalue weighted by atomic mass is 9.83. The van der Waals surface area contributed by atoms with Crippen molar-refractivity contribution in [2.75, 3.05) is 19.8 Å². The number of aromatic carboxylic acids is 3. The molecule has 0 heterocycles. The van der Waals surface area contributed by atoms with Crippen LogP contribution in [0.25, 0.3) is 0 Å². The van der Waals surface area contributed by atoms with Crippen LogP contribution < -0.4 is 0 Å². The molecule has 12 heteroatoms. The standard InChI is InChI=1S/C24H24O12/c1-4-16(25)34-10-7-13-14(8-11-35-17(26)5-2)20(23(30)31)21(24(32)33)15(19(13)22(28)29)9-12-36-18(27)6-3/h4-6H,1-3,7-12H2,(H,28,29)(H,30,31)(H,32,33). The van der Waals surface area contributed by atoms with E-state index in [-0.39, 0.29) is 24.0 Å².